The van der Waals surface area contributed by atoms with Gasteiger partial charge in [0.15, 0.2) is 0 Å². The molecule has 0 aromatic heterocycles. The van der Waals surface area contributed by atoms with E-state index in [1.807, 2.05) is 13.0 Å². The summed E-state index contributed by atoms with van der Waals surface area (Å²) in [5.74, 6) is 1.02. The molecule has 4 heteroatoms. The zero-order valence-corrected chi connectivity index (χ0v) is 13.6. The third-order valence-corrected chi connectivity index (χ3v) is 3.31. The molecule has 0 aromatic rings. The van der Waals surface area contributed by atoms with Crippen LogP contribution in [0.15, 0.2) is 35.6 Å². The molecule has 1 unspecified atom stereocenters. The zero-order chi connectivity index (χ0) is 15.5. The summed E-state index contributed by atoms with van der Waals surface area (Å²) in [5, 5.41) is 0. The molecular formula is C16H28N2O2. The first-order valence-corrected chi connectivity index (χ1v) is 6.89. The molecule has 0 saturated heterocycles. The van der Waals surface area contributed by atoms with Crippen LogP contribution < -0.4 is 0 Å². The second kappa shape index (κ2) is 10.3. The van der Waals surface area contributed by atoms with E-state index in [0.29, 0.717) is 6.04 Å². The lowest BCUT2D eigenvalue weighted by molar-refractivity contribution is -0.116. The minimum atomic E-state index is 0.454. The number of nitrogens with zero attached hydrogens (tertiary/aromatic N) is 2. The molecule has 20 heavy (non-hydrogen) atoms. The molecule has 1 atom stereocenters. The van der Waals surface area contributed by atoms with Gasteiger partial charge >= 0.3 is 0 Å². The lowest BCUT2D eigenvalue weighted by Crippen LogP contribution is -2.25. The van der Waals surface area contributed by atoms with Crippen LogP contribution in [0, 0.1) is 0 Å². The molecule has 114 valence electrons. The van der Waals surface area contributed by atoms with Crippen molar-refractivity contribution < 1.29 is 9.53 Å². The molecule has 0 N–H and O–H groups in total. The maximum absolute atomic E-state index is 9.66. The number of hydrogen-bond acceptors (Lipinski definition) is 3. The van der Waals surface area contributed by atoms with Gasteiger partial charge in [-0.15, -0.1) is 0 Å². The summed E-state index contributed by atoms with van der Waals surface area (Å²) in [7, 11) is 7.64. The number of rotatable bonds is 5. The Kier molecular flexibility index (Phi) is 9.47. The molecule has 0 radical (unpaired) electrons. The number of allylic oxidation sites excluding steroid dienone is 3. The lowest BCUT2D eigenvalue weighted by atomic mass is 10.1. The van der Waals surface area contributed by atoms with Crippen LogP contribution in [0.5, 0.6) is 0 Å². The van der Waals surface area contributed by atoms with Crippen LogP contribution in [-0.2, 0) is 9.53 Å². The summed E-state index contributed by atoms with van der Waals surface area (Å²) in [6.07, 6.45) is 10.1. The Balaban J connectivity index is 0.000000511. The second-order valence-electron chi connectivity index (χ2n) is 4.92. The van der Waals surface area contributed by atoms with Crippen molar-refractivity contribution in [3.8, 4) is 0 Å². The molecule has 1 aliphatic carbocycles. The fourth-order valence-electron chi connectivity index (χ4n) is 1.45. The highest BCUT2D eigenvalue weighted by Gasteiger charge is 2.09. The van der Waals surface area contributed by atoms with Crippen molar-refractivity contribution >= 4 is 6.41 Å². The maximum atomic E-state index is 9.66. The van der Waals surface area contributed by atoms with Crippen LogP contribution >= 0.6 is 0 Å². The highest BCUT2D eigenvalue weighted by Crippen LogP contribution is 2.16. The highest BCUT2D eigenvalue weighted by molar-refractivity contribution is 5.45. The smallest absolute Gasteiger partial charge is 0.209 e. The number of likely N-dealkylation sites (N-methyl/N-ethyl adjacent to an activating group) is 1. The maximum Gasteiger partial charge on any atom is 0.209 e. The van der Waals surface area contributed by atoms with Crippen LogP contribution in [0.1, 0.15) is 20.3 Å². The zero-order valence-electron chi connectivity index (χ0n) is 13.6. The lowest BCUT2D eigenvalue weighted by Gasteiger charge is -2.20. The van der Waals surface area contributed by atoms with Gasteiger partial charge in [0.1, 0.15) is 0 Å². The van der Waals surface area contributed by atoms with Gasteiger partial charge in [0.25, 0.3) is 0 Å². The van der Waals surface area contributed by atoms with E-state index < -0.39 is 0 Å². The van der Waals surface area contributed by atoms with Crippen molar-refractivity contribution in [3.05, 3.63) is 35.6 Å². The molecule has 1 rings (SSSR count). The van der Waals surface area contributed by atoms with E-state index in [2.05, 4.69) is 44.1 Å². The molecule has 0 spiro atoms. The van der Waals surface area contributed by atoms with Gasteiger partial charge in [0, 0.05) is 26.1 Å². The van der Waals surface area contributed by atoms with Crippen molar-refractivity contribution in [1.29, 1.82) is 0 Å². The van der Waals surface area contributed by atoms with Crippen LogP contribution in [0.3, 0.4) is 0 Å². The largest absolute Gasteiger partial charge is 0.501 e. The predicted molar refractivity (Wildman–Crippen MR) is 84.4 cm³/mol. The molecule has 0 aromatic carbocycles. The summed E-state index contributed by atoms with van der Waals surface area (Å²) < 4.78 is 5.21. The first kappa shape index (κ1) is 18.4. The van der Waals surface area contributed by atoms with E-state index >= 15 is 0 Å². The van der Waals surface area contributed by atoms with Crippen molar-refractivity contribution in [3.63, 3.8) is 0 Å². The molecule has 0 fully saturated rings. The molecule has 0 saturated carbocycles. The van der Waals surface area contributed by atoms with Crippen LogP contribution in [0.25, 0.3) is 0 Å². The molecule has 0 aliphatic heterocycles. The number of ether oxygens (including phenoxy) is 1. The fourth-order valence-corrected chi connectivity index (χ4v) is 1.45. The monoisotopic (exact) mass is 280 g/mol. The van der Waals surface area contributed by atoms with Crippen LogP contribution in [0.2, 0.25) is 0 Å². The van der Waals surface area contributed by atoms with Crippen molar-refractivity contribution in [2.24, 2.45) is 0 Å². The van der Waals surface area contributed by atoms with Crippen LogP contribution in [0.4, 0.5) is 0 Å². The van der Waals surface area contributed by atoms with Gasteiger partial charge in [0.2, 0.25) is 6.41 Å². The number of carbonyl (C=O) groups excluding carboxylic acids is 1. The predicted octanol–water partition coefficient (Wildman–Crippen LogP) is 2.45. The average molecular weight is 280 g/mol. The highest BCUT2D eigenvalue weighted by atomic mass is 16.5. The van der Waals surface area contributed by atoms with E-state index in [9.17, 15) is 4.79 Å². The summed E-state index contributed by atoms with van der Waals surface area (Å²) in [4.78, 5) is 13.4. The molecule has 1 amide bonds. The molecule has 0 bridgehead atoms. The molecule has 4 nitrogen and oxygen atoms in total. The van der Waals surface area contributed by atoms with E-state index in [1.165, 1.54) is 5.57 Å². The van der Waals surface area contributed by atoms with Crippen molar-refractivity contribution in [2.75, 3.05) is 34.8 Å². The van der Waals surface area contributed by atoms with Gasteiger partial charge in [0.05, 0.1) is 12.9 Å². The Morgan fingerprint density at radius 1 is 1.40 bits per heavy atom. The standard InChI is InChI=1S/C12H19NO.C4H9NO/c1-10(13(2)3)11-6-5-7-12(14-4)9-8-11;1-3-5(2)4-6/h5-8,10H,9H2,1-4H3;4H,3H2,1-2H3. The van der Waals surface area contributed by atoms with E-state index in [-0.39, 0.29) is 0 Å². The average Bonchev–Trinajstić information content (AvgIpc) is 2.71. The quantitative estimate of drug-likeness (QED) is 0.725. The van der Waals surface area contributed by atoms with E-state index in [0.717, 1.165) is 25.1 Å². The van der Waals surface area contributed by atoms with Gasteiger partial charge < -0.3 is 14.5 Å². The number of hydrogen-bond donors (Lipinski definition) is 0. The first-order valence-electron chi connectivity index (χ1n) is 6.89. The second-order valence-corrected chi connectivity index (χ2v) is 4.92. The van der Waals surface area contributed by atoms with E-state index in [1.54, 1.807) is 19.1 Å². The fraction of sp³-hybridized carbons (Fsp3) is 0.562. The Bertz CT molecular complexity index is 371. The van der Waals surface area contributed by atoms with Gasteiger partial charge in [-0.2, -0.15) is 0 Å². The van der Waals surface area contributed by atoms with Crippen molar-refractivity contribution in [1.82, 2.24) is 9.80 Å². The molecule has 0 heterocycles. The Morgan fingerprint density at radius 2 is 2.05 bits per heavy atom. The SMILES string of the molecule is CCN(C)C=O.COC1=CC=CC(C(C)N(C)C)=CC1. The summed E-state index contributed by atoms with van der Waals surface area (Å²) in [5.41, 5.74) is 1.35. The summed E-state index contributed by atoms with van der Waals surface area (Å²) in [6.45, 7) is 4.92. The number of methoxy groups -OCH3 is 1. The first-order chi connectivity index (χ1) is 9.46. The van der Waals surface area contributed by atoms with Gasteiger partial charge in [-0.05, 0) is 39.6 Å². The Labute approximate surface area is 123 Å². The third-order valence-electron chi connectivity index (χ3n) is 3.31. The Hall–Kier alpha value is -1.55. The third kappa shape index (κ3) is 7.14. The van der Waals surface area contributed by atoms with Crippen molar-refractivity contribution in [2.45, 2.75) is 26.3 Å². The van der Waals surface area contributed by atoms with Gasteiger partial charge in [-0.25, -0.2) is 0 Å². The summed E-state index contributed by atoms with van der Waals surface area (Å²) >= 11 is 0. The molecule has 1 aliphatic rings. The summed E-state index contributed by atoms with van der Waals surface area (Å²) in [6, 6.07) is 0.454. The van der Waals surface area contributed by atoms with Crippen LogP contribution in [-0.4, -0.2) is 57.0 Å². The number of amides is 1. The normalized spacial score (nSPS) is 15.3. The molecular weight excluding hydrogens is 252 g/mol. The van der Waals surface area contributed by atoms with Gasteiger partial charge in [-0.1, -0.05) is 18.2 Å². The number of carbonyl (C=O) groups is 1. The van der Waals surface area contributed by atoms with Gasteiger partial charge in [-0.3, -0.25) is 4.79 Å². The Morgan fingerprint density at radius 3 is 2.45 bits per heavy atom. The minimum absolute atomic E-state index is 0.454. The van der Waals surface area contributed by atoms with E-state index in [4.69, 9.17) is 4.74 Å². The topological polar surface area (TPSA) is 32.8 Å². The minimum Gasteiger partial charge on any atom is -0.501 e.